The van der Waals surface area contributed by atoms with Crippen LogP contribution in [0, 0.1) is 0 Å². The molecule has 2 aromatic rings. The van der Waals surface area contributed by atoms with E-state index in [2.05, 4.69) is 0 Å². The molecule has 0 heterocycles. The Bertz CT molecular complexity index is 528. The first-order chi connectivity index (χ1) is 9.78. The van der Waals surface area contributed by atoms with Crippen molar-refractivity contribution < 1.29 is 9.47 Å². The molecule has 0 aliphatic heterocycles. The fraction of sp³-hybridized carbons (Fsp3) is 0.250. The van der Waals surface area contributed by atoms with E-state index in [1.54, 1.807) is 0 Å². The lowest BCUT2D eigenvalue weighted by Crippen LogP contribution is -2.06. The zero-order valence-corrected chi connectivity index (χ0v) is 12.0. The topological polar surface area (TPSA) is 44.5 Å². The van der Waals surface area contributed by atoms with Gasteiger partial charge in [-0.1, -0.05) is 23.7 Å². The SMILES string of the molecule is NCCCOc1ccc(OCc2cccc(Cl)c2)cc1. The Morgan fingerprint density at radius 3 is 2.30 bits per heavy atom. The lowest BCUT2D eigenvalue weighted by atomic mass is 10.2. The molecule has 0 saturated carbocycles. The Morgan fingerprint density at radius 2 is 1.65 bits per heavy atom. The Hall–Kier alpha value is -1.71. The zero-order valence-electron chi connectivity index (χ0n) is 11.2. The van der Waals surface area contributed by atoms with Crippen LogP contribution in [-0.2, 0) is 6.61 Å². The highest BCUT2D eigenvalue weighted by Gasteiger charge is 1.98. The third kappa shape index (κ3) is 4.76. The molecule has 0 aliphatic rings. The molecule has 4 heteroatoms. The van der Waals surface area contributed by atoms with E-state index < -0.39 is 0 Å². The first kappa shape index (κ1) is 14.7. The summed E-state index contributed by atoms with van der Waals surface area (Å²) in [6, 6.07) is 15.2. The molecule has 0 aliphatic carbocycles. The fourth-order valence-electron chi connectivity index (χ4n) is 1.70. The van der Waals surface area contributed by atoms with Crippen LogP contribution >= 0.6 is 11.6 Å². The zero-order chi connectivity index (χ0) is 14.2. The summed E-state index contributed by atoms with van der Waals surface area (Å²) in [6.45, 7) is 1.77. The molecule has 0 radical (unpaired) electrons. The van der Waals surface area contributed by atoms with Crippen molar-refractivity contribution in [2.24, 2.45) is 5.73 Å². The molecule has 106 valence electrons. The standard InChI is InChI=1S/C16H18ClNO2/c17-14-4-1-3-13(11-14)12-20-16-7-5-15(6-8-16)19-10-2-9-18/h1,3-8,11H,2,9-10,12,18H2. The molecular formula is C16H18ClNO2. The number of ether oxygens (including phenoxy) is 2. The van der Waals surface area contributed by atoms with Crippen molar-refractivity contribution in [3.8, 4) is 11.5 Å². The van der Waals surface area contributed by atoms with E-state index in [1.165, 1.54) is 0 Å². The summed E-state index contributed by atoms with van der Waals surface area (Å²) < 4.78 is 11.2. The molecule has 2 aromatic carbocycles. The summed E-state index contributed by atoms with van der Waals surface area (Å²) in [5.74, 6) is 1.63. The highest BCUT2D eigenvalue weighted by molar-refractivity contribution is 6.30. The minimum atomic E-state index is 0.494. The van der Waals surface area contributed by atoms with Gasteiger partial charge in [0, 0.05) is 5.02 Å². The lowest BCUT2D eigenvalue weighted by molar-refractivity contribution is 0.300. The van der Waals surface area contributed by atoms with Gasteiger partial charge in [0.05, 0.1) is 6.61 Å². The van der Waals surface area contributed by atoms with Crippen LogP contribution in [0.3, 0.4) is 0 Å². The summed E-state index contributed by atoms with van der Waals surface area (Å²) in [7, 11) is 0. The number of nitrogens with two attached hydrogens (primary N) is 1. The highest BCUT2D eigenvalue weighted by Crippen LogP contribution is 2.19. The molecule has 0 unspecified atom stereocenters. The molecule has 0 atom stereocenters. The van der Waals surface area contributed by atoms with Crippen LogP contribution in [0.15, 0.2) is 48.5 Å². The van der Waals surface area contributed by atoms with Crippen molar-refractivity contribution in [3.63, 3.8) is 0 Å². The normalized spacial score (nSPS) is 10.3. The summed E-state index contributed by atoms with van der Waals surface area (Å²) in [6.07, 6.45) is 0.854. The largest absolute Gasteiger partial charge is 0.494 e. The maximum Gasteiger partial charge on any atom is 0.120 e. The molecule has 20 heavy (non-hydrogen) atoms. The number of halogens is 1. The Kier molecular flexibility index (Phi) is 5.71. The van der Waals surface area contributed by atoms with E-state index in [9.17, 15) is 0 Å². The van der Waals surface area contributed by atoms with E-state index in [0.29, 0.717) is 19.8 Å². The van der Waals surface area contributed by atoms with Crippen molar-refractivity contribution in [1.29, 1.82) is 0 Å². The molecule has 0 bridgehead atoms. The van der Waals surface area contributed by atoms with Gasteiger partial charge in [0.15, 0.2) is 0 Å². The summed E-state index contributed by atoms with van der Waals surface area (Å²) in [4.78, 5) is 0. The van der Waals surface area contributed by atoms with Gasteiger partial charge in [0.2, 0.25) is 0 Å². The minimum absolute atomic E-state index is 0.494. The second-order valence-corrected chi connectivity index (χ2v) is 4.82. The van der Waals surface area contributed by atoms with Crippen LogP contribution in [0.2, 0.25) is 5.02 Å². The fourth-order valence-corrected chi connectivity index (χ4v) is 1.91. The van der Waals surface area contributed by atoms with E-state index in [1.807, 2.05) is 48.5 Å². The van der Waals surface area contributed by atoms with E-state index >= 15 is 0 Å². The minimum Gasteiger partial charge on any atom is -0.494 e. The van der Waals surface area contributed by atoms with Crippen LogP contribution in [0.5, 0.6) is 11.5 Å². The first-order valence-corrected chi connectivity index (χ1v) is 6.96. The van der Waals surface area contributed by atoms with Gasteiger partial charge in [-0.05, 0) is 54.9 Å². The quantitative estimate of drug-likeness (QED) is 0.792. The number of hydrogen-bond donors (Lipinski definition) is 1. The maximum absolute atomic E-state index is 5.93. The van der Waals surface area contributed by atoms with Crippen molar-refractivity contribution >= 4 is 11.6 Å². The Morgan fingerprint density at radius 1 is 0.950 bits per heavy atom. The summed E-state index contributed by atoms with van der Waals surface area (Å²) in [5, 5.41) is 0.717. The molecular weight excluding hydrogens is 274 g/mol. The molecule has 0 spiro atoms. The average Bonchev–Trinajstić information content (AvgIpc) is 2.47. The van der Waals surface area contributed by atoms with Crippen LogP contribution in [0.4, 0.5) is 0 Å². The van der Waals surface area contributed by atoms with Gasteiger partial charge in [-0.3, -0.25) is 0 Å². The van der Waals surface area contributed by atoms with E-state index in [0.717, 1.165) is 28.5 Å². The van der Waals surface area contributed by atoms with Gasteiger partial charge in [0.25, 0.3) is 0 Å². The molecule has 0 fully saturated rings. The molecule has 2 rings (SSSR count). The number of rotatable bonds is 7. The summed E-state index contributed by atoms with van der Waals surface area (Å²) >= 11 is 5.93. The summed E-state index contributed by atoms with van der Waals surface area (Å²) in [5.41, 5.74) is 6.46. The van der Waals surface area contributed by atoms with Gasteiger partial charge in [-0.15, -0.1) is 0 Å². The van der Waals surface area contributed by atoms with Crippen LogP contribution < -0.4 is 15.2 Å². The first-order valence-electron chi connectivity index (χ1n) is 6.58. The smallest absolute Gasteiger partial charge is 0.120 e. The molecule has 0 amide bonds. The molecule has 3 nitrogen and oxygen atoms in total. The third-order valence-corrected chi connectivity index (χ3v) is 2.97. The van der Waals surface area contributed by atoms with E-state index in [-0.39, 0.29) is 0 Å². The van der Waals surface area contributed by atoms with Gasteiger partial charge in [0.1, 0.15) is 18.1 Å². The Balaban J connectivity index is 1.84. The van der Waals surface area contributed by atoms with Crippen molar-refractivity contribution in [1.82, 2.24) is 0 Å². The molecule has 2 N–H and O–H groups in total. The second kappa shape index (κ2) is 7.78. The van der Waals surface area contributed by atoms with Crippen LogP contribution in [0.25, 0.3) is 0 Å². The van der Waals surface area contributed by atoms with Crippen molar-refractivity contribution in [2.45, 2.75) is 13.0 Å². The van der Waals surface area contributed by atoms with Gasteiger partial charge in [-0.2, -0.15) is 0 Å². The van der Waals surface area contributed by atoms with Gasteiger partial charge >= 0.3 is 0 Å². The second-order valence-electron chi connectivity index (χ2n) is 4.38. The lowest BCUT2D eigenvalue weighted by Gasteiger charge is -2.08. The van der Waals surface area contributed by atoms with Crippen molar-refractivity contribution in [3.05, 3.63) is 59.1 Å². The predicted octanol–water partition coefficient (Wildman–Crippen LogP) is 3.65. The third-order valence-electron chi connectivity index (χ3n) is 2.74. The van der Waals surface area contributed by atoms with Gasteiger partial charge < -0.3 is 15.2 Å². The number of benzene rings is 2. The molecule has 0 saturated heterocycles. The van der Waals surface area contributed by atoms with E-state index in [4.69, 9.17) is 26.8 Å². The van der Waals surface area contributed by atoms with Crippen LogP contribution in [0.1, 0.15) is 12.0 Å². The maximum atomic E-state index is 5.93. The Labute approximate surface area is 124 Å². The predicted molar refractivity (Wildman–Crippen MR) is 81.4 cm³/mol. The molecule has 0 aromatic heterocycles. The highest BCUT2D eigenvalue weighted by atomic mass is 35.5. The van der Waals surface area contributed by atoms with Gasteiger partial charge in [-0.25, -0.2) is 0 Å². The average molecular weight is 292 g/mol. The number of hydrogen-bond acceptors (Lipinski definition) is 3. The van der Waals surface area contributed by atoms with Crippen molar-refractivity contribution in [2.75, 3.05) is 13.2 Å². The monoisotopic (exact) mass is 291 g/mol. The van der Waals surface area contributed by atoms with Crippen LogP contribution in [-0.4, -0.2) is 13.2 Å².